The molecule has 0 N–H and O–H groups in total. The van der Waals surface area contributed by atoms with E-state index >= 15 is 0 Å². The molecule has 0 aliphatic rings. The zero-order valence-electron chi connectivity index (χ0n) is 51.9. The number of hydrogen-bond donors (Lipinski definition) is 0. The summed E-state index contributed by atoms with van der Waals surface area (Å²) >= 11 is 0. The molecule has 0 saturated carbocycles. The fraction of sp³-hybridized carbons (Fsp3) is 0. The summed E-state index contributed by atoms with van der Waals surface area (Å²) in [4.78, 5) is 22.2. The molecule has 0 bridgehead atoms. The lowest BCUT2D eigenvalue weighted by Gasteiger charge is -2.19. The van der Waals surface area contributed by atoms with E-state index in [4.69, 9.17) is 19.9 Å². The number of imidazole rings is 2. The molecule has 6 heteroatoms. The largest absolute Gasteiger partial charge is 0.292 e. The first-order valence-corrected chi connectivity index (χ1v) is 32.7. The standard InChI is InChI=1S/C90H54N6/c1-5-15-65(16-6-1)89-91-78-53-67(43-49-80(78)95(89)70-23-9-3-10-24-70)55-27-35-63(36-28-55)86-77-52-69(72-45-39-61-33-31-57-19-13-21-59-41-47-74(72)84(61)82(57)59)51-76(73-46-40-62-34-32-58-20-14-22-60-42-48-75(73)85(62)83(58)60)87(77)94-88(93-86)64-37-29-56(30-38-64)68-44-50-81-79(54-68)92-90(66-17-7-2-8-18-66)96(81)71-25-11-4-12-26-71/h1-54H. The SMILES string of the molecule is c1ccc(-c2nc3cc(-c4ccc(-c5nc(-c6ccc(-c7ccc8c(c7)nc(-c7ccccc7)n8-c7ccccc7)cc6)c6cc(-c7ccc8ccc9cccc%10ccc7c8c9%10)cc(-c7ccc8ccc9cccc%10ccc7c8c9%10)c6n5)cc4)ccc3n2-c2ccccc2)cc1. The van der Waals surface area contributed by atoms with Crippen molar-refractivity contribution in [3.8, 4) is 101 Å². The maximum Gasteiger partial charge on any atom is 0.160 e. The molecule has 0 spiro atoms. The molecule has 6 nitrogen and oxygen atoms in total. The molecule has 0 saturated heterocycles. The smallest absolute Gasteiger partial charge is 0.160 e. The van der Waals surface area contributed by atoms with E-state index in [0.29, 0.717) is 5.82 Å². The van der Waals surface area contributed by atoms with Crippen molar-refractivity contribution in [1.29, 1.82) is 0 Å². The van der Waals surface area contributed by atoms with Crippen molar-refractivity contribution in [1.82, 2.24) is 29.1 Å². The minimum absolute atomic E-state index is 0.640. The van der Waals surface area contributed by atoms with Crippen molar-refractivity contribution in [3.63, 3.8) is 0 Å². The highest BCUT2D eigenvalue weighted by Crippen LogP contribution is 2.47. The van der Waals surface area contributed by atoms with Gasteiger partial charge in [0.15, 0.2) is 5.82 Å². The Bertz CT molecular complexity index is 6420. The van der Waals surface area contributed by atoms with Gasteiger partial charge < -0.3 is 0 Å². The maximum atomic E-state index is 5.81. The van der Waals surface area contributed by atoms with Crippen LogP contribution in [0.15, 0.2) is 328 Å². The lowest BCUT2D eigenvalue weighted by Crippen LogP contribution is -1.99. The zero-order valence-corrected chi connectivity index (χ0v) is 51.9. The molecule has 0 fully saturated rings. The van der Waals surface area contributed by atoms with Gasteiger partial charge in [-0.3, -0.25) is 9.13 Å². The van der Waals surface area contributed by atoms with Crippen LogP contribution in [0.5, 0.6) is 0 Å². The van der Waals surface area contributed by atoms with Crippen LogP contribution >= 0.6 is 0 Å². The van der Waals surface area contributed by atoms with Gasteiger partial charge in [0.1, 0.15) is 11.6 Å². The van der Waals surface area contributed by atoms with Gasteiger partial charge in [-0.15, -0.1) is 0 Å². The quantitative estimate of drug-likeness (QED) is 0.128. The van der Waals surface area contributed by atoms with E-state index in [1.807, 2.05) is 6.07 Å². The zero-order chi connectivity index (χ0) is 63.0. The minimum atomic E-state index is 0.640. The Morgan fingerprint density at radius 1 is 0.219 bits per heavy atom. The van der Waals surface area contributed by atoms with Gasteiger partial charge in [-0.1, -0.05) is 267 Å². The summed E-state index contributed by atoms with van der Waals surface area (Å²) in [5.41, 5.74) is 20.5. The first-order valence-electron chi connectivity index (χ1n) is 32.7. The van der Waals surface area contributed by atoms with Crippen molar-refractivity contribution >= 4 is 97.6 Å². The molecule has 0 atom stereocenters. The van der Waals surface area contributed by atoms with Gasteiger partial charge in [0.25, 0.3) is 0 Å². The lowest BCUT2D eigenvalue weighted by atomic mass is 9.86. The highest BCUT2D eigenvalue weighted by Gasteiger charge is 2.24. The van der Waals surface area contributed by atoms with E-state index in [0.717, 1.165) is 128 Å². The maximum absolute atomic E-state index is 5.81. The third-order valence-electron chi connectivity index (χ3n) is 19.8. The summed E-state index contributed by atoms with van der Waals surface area (Å²) in [6.07, 6.45) is 0. The monoisotopic (exact) mass is 1220 g/mol. The van der Waals surface area contributed by atoms with Gasteiger partial charge in [-0.05, 0) is 164 Å². The highest BCUT2D eigenvalue weighted by molar-refractivity contribution is 6.28. The molecule has 0 aliphatic carbocycles. The Morgan fingerprint density at radius 3 is 1.12 bits per heavy atom. The first kappa shape index (κ1) is 53.7. The highest BCUT2D eigenvalue weighted by atomic mass is 15.1. The molecule has 3 heterocycles. The molecule has 20 aromatic rings. The summed E-state index contributed by atoms with van der Waals surface area (Å²) in [6.45, 7) is 0. The number of benzene rings is 17. The normalized spacial score (nSPS) is 12.0. The molecule has 0 radical (unpaired) electrons. The van der Waals surface area contributed by atoms with Crippen molar-refractivity contribution in [2.24, 2.45) is 0 Å². The molecule has 0 unspecified atom stereocenters. The lowest BCUT2D eigenvalue weighted by molar-refractivity contribution is 1.10. The van der Waals surface area contributed by atoms with E-state index in [9.17, 15) is 0 Å². The Morgan fingerprint density at radius 2 is 0.625 bits per heavy atom. The van der Waals surface area contributed by atoms with Crippen LogP contribution in [0.4, 0.5) is 0 Å². The van der Waals surface area contributed by atoms with Gasteiger partial charge in [0.2, 0.25) is 0 Å². The van der Waals surface area contributed by atoms with Gasteiger partial charge in [0.05, 0.1) is 33.3 Å². The van der Waals surface area contributed by atoms with Crippen LogP contribution in [-0.2, 0) is 0 Å². The van der Waals surface area contributed by atoms with E-state index < -0.39 is 0 Å². The van der Waals surface area contributed by atoms with Crippen LogP contribution in [0.1, 0.15) is 0 Å². The predicted octanol–water partition coefficient (Wildman–Crippen LogP) is 23.4. The van der Waals surface area contributed by atoms with Crippen molar-refractivity contribution in [3.05, 3.63) is 328 Å². The predicted molar refractivity (Wildman–Crippen MR) is 400 cm³/mol. The average Bonchev–Trinajstić information content (AvgIpc) is 1.13. The number of aromatic nitrogens is 6. The molecule has 3 aromatic heterocycles. The van der Waals surface area contributed by atoms with Gasteiger partial charge in [-0.2, -0.15) is 0 Å². The molecule has 96 heavy (non-hydrogen) atoms. The molecule has 0 amide bonds. The van der Waals surface area contributed by atoms with Crippen LogP contribution in [-0.4, -0.2) is 29.1 Å². The molecule has 0 aliphatic heterocycles. The second-order valence-corrected chi connectivity index (χ2v) is 25.3. The Labute approximate surface area is 552 Å². The van der Waals surface area contributed by atoms with E-state index in [-0.39, 0.29) is 0 Å². The van der Waals surface area contributed by atoms with Gasteiger partial charge >= 0.3 is 0 Å². The second-order valence-electron chi connectivity index (χ2n) is 25.3. The Balaban J connectivity index is 0.791. The third kappa shape index (κ3) is 8.52. The molecular formula is C90H54N6. The molecule has 17 aromatic carbocycles. The Hall–Kier alpha value is -12.9. The number of para-hydroxylation sites is 2. The average molecular weight is 1220 g/mol. The molecule has 20 rings (SSSR count). The molecule has 444 valence electrons. The molecular weight excluding hydrogens is 1170 g/mol. The summed E-state index contributed by atoms with van der Waals surface area (Å²) in [5, 5.41) is 15.8. The van der Waals surface area contributed by atoms with Crippen molar-refractivity contribution in [2.45, 2.75) is 0 Å². The van der Waals surface area contributed by atoms with E-state index in [2.05, 4.69) is 331 Å². The van der Waals surface area contributed by atoms with Crippen LogP contribution in [0.2, 0.25) is 0 Å². The van der Waals surface area contributed by atoms with Crippen LogP contribution in [0.25, 0.3) is 199 Å². The van der Waals surface area contributed by atoms with Gasteiger partial charge in [-0.25, -0.2) is 19.9 Å². The van der Waals surface area contributed by atoms with Crippen LogP contribution < -0.4 is 0 Å². The minimum Gasteiger partial charge on any atom is -0.292 e. The number of hydrogen-bond acceptors (Lipinski definition) is 4. The first-order chi connectivity index (χ1) is 47.6. The Kier molecular flexibility index (Phi) is 11.9. The van der Waals surface area contributed by atoms with Gasteiger partial charge in [0, 0.05) is 44.6 Å². The summed E-state index contributed by atoms with van der Waals surface area (Å²) in [6, 6.07) is 118. The summed E-state index contributed by atoms with van der Waals surface area (Å²) < 4.78 is 4.52. The fourth-order valence-corrected chi connectivity index (χ4v) is 15.3. The number of rotatable bonds is 10. The topological polar surface area (TPSA) is 61.4 Å². The summed E-state index contributed by atoms with van der Waals surface area (Å²) in [5.74, 6) is 2.44. The third-order valence-corrected chi connectivity index (χ3v) is 19.8. The van der Waals surface area contributed by atoms with E-state index in [1.54, 1.807) is 0 Å². The second kappa shape index (κ2) is 21.3. The van der Waals surface area contributed by atoms with Crippen molar-refractivity contribution < 1.29 is 0 Å². The van der Waals surface area contributed by atoms with Crippen molar-refractivity contribution in [2.75, 3.05) is 0 Å². The number of fused-ring (bicyclic) bond motifs is 3. The van der Waals surface area contributed by atoms with E-state index in [1.165, 1.54) is 64.6 Å². The van der Waals surface area contributed by atoms with Crippen LogP contribution in [0.3, 0.4) is 0 Å². The fourth-order valence-electron chi connectivity index (χ4n) is 15.3. The number of nitrogens with zero attached hydrogens (tertiary/aromatic N) is 6. The van der Waals surface area contributed by atoms with Crippen LogP contribution in [0, 0.1) is 0 Å². The summed E-state index contributed by atoms with van der Waals surface area (Å²) in [7, 11) is 0.